The van der Waals surface area contributed by atoms with Crippen LogP contribution < -0.4 is 10.5 Å². The molecule has 0 saturated carbocycles. The van der Waals surface area contributed by atoms with E-state index in [4.69, 9.17) is 5.73 Å². The van der Waals surface area contributed by atoms with E-state index in [9.17, 15) is 12.8 Å². The quantitative estimate of drug-likeness (QED) is 0.834. The summed E-state index contributed by atoms with van der Waals surface area (Å²) in [6.45, 7) is 3.48. The molecule has 0 spiro atoms. The lowest BCUT2D eigenvalue weighted by atomic mass is 10.2. The Hall–Kier alpha value is -0.980. The topological polar surface area (TPSA) is 72.2 Å². The Kier molecular flexibility index (Phi) is 4.62. The first-order valence-corrected chi connectivity index (χ1v) is 6.83. The smallest absolute Gasteiger partial charge is 0.240 e. The molecule has 17 heavy (non-hydrogen) atoms. The molecule has 0 amide bonds. The Balaban J connectivity index is 2.87. The van der Waals surface area contributed by atoms with Crippen molar-refractivity contribution < 1.29 is 12.8 Å². The highest BCUT2D eigenvalue weighted by atomic mass is 32.2. The van der Waals surface area contributed by atoms with E-state index >= 15 is 0 Å². The summed E-state index contributed by atoms with van der Waals surface area (Å²) in [6.07, 6.45) is 0.535. The molecule has 0 heterocycles. The molecule has 0 bridgehead atoms. The molecule has 3 N–H and O–H groups in total. The van der Waals surface area contributed by atoms with E-state index < -0.39 is 15.8 Å². The van der Waals surface area contributed by atoms with Crippen LogP contribution in [0.5, 0.6) is 0 Å². The molecule has 96 valence electrons. The SMILES string of the molecule is Cc1c(F)cccc1S(=O)(=O)NCC[C@H](C)N. The van der Waals surface area contributed by atoms with Gasteiger partial charge in [0.25, 0.3) is 0 Å². The maximum Gasteiger partial charge on any atom is 0.240 e. The molecule has 0 aliphatic heterocycles. The van der Waals surface area contributed by atoms with Crippen molar-refractivity contribution in [1.29, 1.82) is 0 Å². The Bertz CT molecular complexity index is 486. The van der Waals surface area contributed by atoms with Gasteiger partial charge in [-0.2, -0.15) is 0 Å². The molecule has 0 fully saturated rings. The summed E-state index contributed by atoms with van der Waals surface area (Å²) >= 11 is 0. The predicted molar refractivity (Wildman–Crippen MR) is 64.6 cm³/mol. The van der Waals surface area contributed by atoms with E-state index in [0.717, 1.165) is 0 Å². The Morgan fingerprint density at radius 3 is 2.71 bits per heavy atom. The van der Waals surface area contributed by atoms with Crippen LogP contribution in [0, 0.1) is 12.7 Å². The van der Waals surface area contributed by atoms with E-state index in [1.54, 1.807) is 6.92 Å². The van der Waals surface area contributed by atoms with Crippen molar-refractivity contribution in [1.82, 2.24) is 4.72 Å². The molecular formula is C11H17FN2O2S. The predicted octanol–water partition coefficient (Wildman–Crippen LogP) is 1.15. The van der Waals surface area contributed by atoms with Crippen molar-refractivity contribution in [2.75, 3.05) is 6.54 Å². The number of nitrogens with one attached hydrogen (secondary N) is 1. The van der Waals surface area contributed by atoms with E-state index in [2.05, 4.69) is 4.72 Å². The average molecular weight is 260 g/mol. The Morgan fingerprint density at radius 1 is 1.47 bits per heavy atom. The second-order valence-electron chi connectivity index (χ2n) is 4.03. The Labute approximate surface area is 101 Å². The van der Waals surface area contributed by atoms with Gasteiger partial charge in [-0.25, -0.2) is 17.5 Å². The molecule has 0 aromatic heterocycles. The van der Waals surface area contributed by atoms with E-state index in [-0.39, 0.29) is 23.0 Å². The zero-order valence-electron chi connectivity index (χ0n) is 9.90. The van der Waals surface area contributed by atoms with Gasteiger partial charge in [0.05, 0.1) is 4.90 Å². The lowest BCUT2D eigenvalue weighted by molar-refractivity contribution is 0.566. The van der Waals surface area contributed by atoms with Crippen molar-refractivity contribution in [2.45, 2.75) is 31.2 Å². The average Bonchev–Trinajstić information content (AvgIpc) is 2.21. The summed E-state index contributed by atoms with van der Waals surface area (Å²) in [5, 5.41) is 0. The molecule has 1 aromatic rings. The Morgan fingerprint density at radius 2 is 2.12 bits per heavy atom. The fraction of sp³-hybridized carbons (Fsp3) is 0.455. The van der Waals surface area contributed by atoms with Gasteiger partial charge >= 0.3 is 0 Å². The first-order chi connectivity index (χ1) is 7.84. The van der Waals surface area contributed by atoms with Crippen molar-refractivity contribution in [3.8, 4) is 0 Å². The van der Waals surface area contributed by atoms with Crippen molar-refractivity contribution >= 4 is 10.0 Å². The normalized spacial score (nSPS) is 13.6. The van der Waals surface area contributed by atoms with Crippen molar-refractivity contribution in [3.63, 3.8) is 0 Å². The third-order valence-electron chi connectivity index (χ3n) is 2.40. The minimum Gasteiger partial charge on any atom is -0.328 e. The lowest BCUT2D eigenvalue weighted by Gasteiger charge is -2.10. The van der Waals surface area contributed by atoms with Crippen LogP contribution in [0.25, 0.3) is 0 Å². The second kappa shape index (κ2) is 5.57. The molecule has 0 radical (unpaired) electrons. The van der Waals surface area contributed by atoms with Crippen LogP contribution in [0.3, 0.4) is 0 Å². The van der Waals surface area contributed by atoms with E-state index in [1.165, 1.54) is 25.1 Å². The fourth-order valence-electron chi connectivity index (χ4n) is 1.38. The third-order valence-corrected chi connectivity index (χ3v) is 4.00. The minimum atomic E-state index is -3.65. The summed E-state index contributed by atoms with van der Waals surface area (Å²) < 4.78 is 39.4. The number of rotatable bonds is 5. The van der Waals surface area contributed by atoms with Crippen LogP contribution >= 0.6 is 0 Å². The maximum atomic E-state index is 13.2. The summed E-state index contributed by atoms with van der Waals surface area (Å²) in [6, 6.07) is 3.91. The molecule has 6 heteroatoms. The lowest BCUT2D eigenvalue weighted by Crippen LogP contribution is -2.29. The number of sulfonamides is 1. The van der Waals surface area contributed by atoms with Crippen LogP contribution in [0.4, 0.5) is 4.39 Å². The van der Waals surface area contributed by atoms with Gasteiger partial charge in [0, 0.05) is 18.2 Å². The van der Waals surface area contributed by atoms with Crippen LogP contribution in [0.15, 0.2) is 23.1 Å². The van der Waals surface area contributed by atoms with E-state index in [0.29, 0.717) is 6.42 Å². The summed E-state index contributed by atoms with van der Waals surface area (Å²) in [7, 11) is -3.65. The van der Waals surface area contributed by atoms with Gasteiger partial charge in [-0.1, -0.05) is 6.07 Å². The van der Waals surface area contributed by atoms with Crippen LogP contribution in [0.1, 0.15) is 18.9 Å². The number of hydrogen-bond donors (Lipinski definition) is 2. The van der Waals surface area contributed by atoms with Gasteiger partial charge in [-0.15, -0.1) is 0 Å². The van der Waals surface area contributed by atoms with Gasteiger partial charge in [-0.3, -0.25) is 0 Å². The van der Waals surface area contributed by atoms with Crippen LogP contribution in [-0.2, 0) is 10.0 Å². The van der Waals surface area contributed by atoms with Gasteiger partial charge in [-0.05, 0) is 32.4 Å². The standard InChI is InChI=1S/C11H17FN2O2S/c1-8(13)6-7-14-17(15,16)11-5-3-4-10(12)9(11)2/h3-5,8,14H,6-7,13H2,1-2H3/t8-/m0/s1. The zero-order chi connectivity index (χ0) is 13.1. The molecule has 4 nitrogen and oxygen atoms in total. The van der Waals surface area contributed by atoms with Crippen molar-refractivity contribution in [2.24, 2.45) is 5.73 Å². The first-order valence-electron chi connectivity index (χ1n) is 5.35. The number of benzene rings is 1. The molecule has 1 rings (SSSR count). The largest absolute Gasteiger partial charge is 0.328 e. The second-order valence-corrected chi connectivity index (χ2v) is 5.76. The summed E-state index contributed by atoms with van der Waals surface area (Å²) in [5.74, 6) is -0.528. The number of halogens is 1. The molecule has 0 aliphatic carbocycles. The maximum absolute atomic E-state index is 13.2. The zero-order valence-corrected chi connectivity index (χ0v) is 10.7. The highest BCUT2D eigenvalue weighted by Gasteiger charge is 2.17. The van der Waals surface area contributed by atoms with Gasteiger partial charge in [0.1, 0.15) is 5.82 Å². The van der Waals surface area contributed by atoms with Crippen LogP contribution in [-0.4, -0.2) is 21.0 Å². The molecule has 0 unspecified atom stereocenters. The number of hydrogen-bond acceptors (Lipinski definition) is 3. The monoisotopic (exact) mass is 260 g/mol. The third kappa shape index (κ3) is 3.76. The molecule has 0 saturated heterocycles. The summed E-state index contributed by atoms with van der Waals surface area (Å²) in [5.41, 5.74) is 5.65. The summed E-state index contributed by atoms with van der Waals surface area (Å²) in [4.78, 5) is -0.0258. The molecule has 0 aliphatic rings. The van der Waals surface area contributed by atoms with Gasteiger partial charge < -0.3 is 5.73 Å². The minimum absolute atomic E-state index is 0.0258. The van der Waals surface area contributed by atoms with Gasteiger partial charge in [0.2, 0.25) is 10.0 Å². The fourth-order valence-corrected chi connectivity index (χ4v) is 2.68. The van der Waals surface area contributed by atoms with Crippen molar-refractivity contribution in [3.05, 3.63) is 29.6 Å². The van der Waals surface area contributed by atoms with Gasteiger partial charge in [0.15, 0.2) is 0 Å². The molecular weight excluding hydrogens is 243 g/mol. The van der Waals surface area contributed by atoms with E-state index in [1.807, 2.05) is 0 Å². The molecule has 1 aromatic carbocycles. The van der Waals surface area contributed by atoms with Crippen LogP contribution in [0.2, 0.25) is 0 Å². The highest BCUT2D eigenvalue weighted by Crippen LogP contribution is 2.17. The first kappa shape index (κ1) is 14.1. The number of nitrogens with two attached hydrogens (primary N) is 1. The highest BCUT2D eigenvalue weighted by molar-refractivity contribution is 7.89. The molecule has 1 atom stereocenters.